The molecule has 1 aliphatic rings. The van der Waals surface area contributed by atoms with Crippen molar-refractivity contribution >= 4 is 11.6 Å². The molecule has 0 aromatic carbocycles. The summed E-state index contributed by atoms with van der Waals surface area (Å²) < 4.78 is 25.2. The summed E-state index contributed by atoms with van der Waals surface area (Å²) in [5, 5.41) is 9.07. The zero-order valence-electron chi connectivity index (χ0n) is 6.64. The summed E-state index contributed by atoms with van der Waals surface area (Å²) in [6, 6.07) is 0. The van der Waals surface area contributed by atoms with E-state index in [2.05, 4.69) is 0 Å². The number of halogens is 3. The van der Waals surface area contributed by atoms with Crippen molar-refractivity contribution in [1.29, 1.82) is 0 Å². The summed E-state index contributed by atoms with van der Waals surface area (Å²) in [4.78, 5) is 1.53. The molecular weight excluding hydrogens is 188 g/mol. The van der Waals surface area contributed by atoms with Gasteiger partial charge in [-0.1, -0.05) is 0 Å². The minimum Gasteiger partial charge on any atom is -0.391 e. The minimum absolute atomic E-state index is 0.0993. The van der Waals surface area contributed by atoms with Gasteiger partial charge in [0.15, 0.2) is 0 Å². The van der Waals surface area contributed by atoms with Crippen LogP contribution < -0.4 is 0 Å². The number of β-amino-alcohol motifs (C(OH)–C–C–N with tert-alkyl or cyclic N) is 1. The molecule has 0 amide bonds. The smallest absolute Gasteiger partial charge is 0.261 e. The van der Waals surface area contributed by atoms with Gasteiger partial charge in [-0.15, -0.1) is 11.6 Å². The Balaban J connectivity index is 2.28. The third kappa shape index (κ3) is 2.84. The number of aliphatic hydroxyl groups is 1. The second kappa shape index (κ2) is 3.85. The number of likely N-dealkylation sites (tertiary alicyclic amines) is 1. The molecule has 1 N–H and O–H groups in total. The van der Waals surface area contributed by atoms with Crippen molar-refractivity contribution in [2.75, 3.05) is 25.5 Å². The third-order valence-corrected chi connectivity index (χ3v) is 2.25. The standard InChI is InChI=1S/C7H12ClF2NO/c8-3-6(12)4-11-2-1-7(9,10)5-11/h6,12H,1-5H2. The van der Waals surface area contributed by atoms with Crippen molar-refractivity contribution in [2.45, 2.75) is 18.4 Å². The average Bonchev–Trinajstić information content (AvgIpc) is 2.30. The number of hydrogen-bond acceptors (Lipinski definition) is 2. The summed E-state index contributed by atoms with van der Waals surface area (Å²) in [5.74, 6) is -2.48. The van der Waals surface area contributed by atoms with Gasteiger partial charge in [-0.05, 0) is 0 Å². The average molecular weight is 200 g/mol. The monoisotopic (exact) mass is 199 g/mol. The second-order valence-electron chi connectivity index (χ2n) is 3.15. The van der Waals surface area contributed by atoms with Crippen LogP contribution in [0.5, 0.6) is 0 Å². The number of aliphatic hydroxyl groups excluding tert-OH is 1. The van der Waals surface area contributed by atoms with E-state index in [1.807, 2.05) is 0 Å². The predicted molar refractivity (Wildman–Crippen MR) is 42.7 cm³/mol. The molecule has 0 bridgehead atoms. The Morgan fingerprint density at radius 1 is 1.58 bits per heavy atom. The number of alkyl halides is 3. The molecule has 1 heterocycles. The highest BCUT2D eigenvalue weighted by Crippen LogP contribution is 2.26. The van der Waals surface area contributed by atoms with Crippen LogP contribution in [-0.4, -0.2) is 47.5 Å². The number of nitrogens with zero attached hydrogens (tertiary/aromatic N) is 1. The van der Waals surface area contributed by atoms with Crippen LogP contribution in [-0.2, 0) is 0 Å². The molecule has 0 aliphatic carbocycles. The topological polar surface area (TPSA) is 23.5 Å². The Hall–Kier alpha value is 0.0700. The molecular formula is C7H12ClF2NO. The van der Waals surface area contributed by atoms with Gasteiger partial charge >= 0.3 is 0 Å². The van der Waals surface area contributed by atoms with Crippen molar-refractivity contribution in [3.05, 3.63) is 0 Å². The molecule has 2 nitrogen and oxygen atoms in total. The van der Waals surface area contributed by atoms with E-state index in [9.17, 15) is 8.78 Å². The Morgan fingerprint density at radius 3 is 2.67 bits per heavy atom. The van der Waals surface area contributed by atoms with Crippen LogP contribution in [0.15, 0.2) is 0 Å². The number of rotatable bonds is 3. The molecule has 1 unspecified atom stereocenters. The first-order chi connectivity index (χ1) is 5.53. The highest BCUT2D eigenvalue weighted by atomic mass is 35.5. The fourth-order valence-electron chi connectivity index (χ4n) is 1.31. The Labute approximate surface area is 75.1 Å². The zero-order chi connectivity index (χ0) is 9.19. The van der Waals surface area contributed by atoms with Crippen molar-refractivity contribution in [3.8, 4) is 0 Å². The molecule has 0 aromatic heterocycles. The SMILES string of the molecule is OC(CCl)CN1CCC(F)(F)C1. The highest BCUT2D eigenvalue weighted by Gasteiger charge is 2.38. The molecule has 1 saturated heterocycles. The van der Waals surface area contributed by atoms with E-state index in [0.29, 0.717) is 6.54 Å². The first-order valence-corrected chi connectivity index (χ1v) is 4.41. The molecule has 0 saturated carbocycles. The quantitative estimate of drug-likeness (QED) is 0.684. The lowest BCUT2D eigenvalue weighted by molar-refractivity contribution is 0.00848. The Bertz CT molecular complexity index is 156. The van der Waals surface area contributed by atoms with Gasteiger partial charge in [0.05, 0.1) is 12.6 Å². The minimum atomic E-state index is -2.58. The van der Waals surface area contributed by atoms with E-state index in [0.717, 1.165) is 0 Å². The van der Waals surface area contributed by atoms with Crippen LogP contribution in [0.2, 0.25) is 0 Å². The summed E-state index contributed by atoms with van der Waals surface area (Å²) in [6.07, 6.45) is -0.803. The molecule has 1 aliphatic heterocycles. The van der Waals surface area contributed by atoms with Crippen molar-refractivity contribution < 1.29 is 13.9 Å². The highest BCUT2D eigenvalue weighted by molar-refractivity contribution is 6.18. The Morgan fingerprint density at radius 2 is 2.25 bits per heavy atom. The normalized spacial score (nSPS) is 26.0. The molecule has 5 heteroatoms. The first kappa shape index (κ1) is 10.2. The second-order valence-corrected chi connectivity index (χ2v) is 3.46. The lowest BCUT2D eigenvalue weighted by Crippen LogP contribution is -2.33. The van der Waals surface area contributed by atoms with Gasteiger partial charge in [-0.3, -0.25) is 4.90 Å². The zero-order valence-corrected chi connectivity index (χ0v) is 7.40. The molecule has 0 spiro atoms. The lowest BCUT2D eigenvalue weighted by Gasteiger charge is -2.17. The number of hydrogen-bond donors (Lipinski definition) is 1. The van der Waals surface area contributed by atoms with Crippen LogP contribution in [0.3, 0.4) is 0 Å². The summed E-state index contributed by atoms with van der Waals surface area (Å²) in [6.45, 7) is 0.348. The van der Waals surface area contributed by atoms with Crippen molar-refractivity contribution in [3.63, 3.8) is 0 Å². The first-order valence-electron chi connectivity index (χ1n) is 3.88. The van der Waals surface area contributed by atoms with Crippen LogP contribution in [0.4, 0.5) is 8.78 Å². The van der Waals surface area contributed by atoms with Gasteiger partial charge in [-0.25, -0.2) is 8.78 Å². The van der Waals surface area contributed by atoms with Crippen LogP contribution in [0.1, 0.15) is 6.42 Å². The van der Waals surface area contributed by atoms with Crippen molar-refractivity contribution in [1.82, 2.24) is 4.90 Å². The molecule has 12 heavy (non-hydrogen) atoms. The molecule has 0 aromatic rings. The van der Waals surface area contributed by atoms with E-state index in [1.165, 1.54) is 4.90 Å². The summed E-state index contributed by atoms with van der Waals surface area (Å²) >= 11 is 5.34. The van der Waals surface area contributed by atoms with Gasteiger partial charge in [0.1, 0.15) is 0 Å². The van der Waals surface area contributed by atoms with E-state index in [4.69, 9.17) is 16.7 Å². The van der Waals surface area contributed by atoms with Crippen molar-refractivity contribution in [2.24, 2.45) is 0 Å². The van der Waals surface area contributed by atoms with Gasteiger partial charge in [-0.2, -0.15) is 0 Å². The maximum Gasteiger partial charge on any atom is 0.261 e. The van der Waals surface area contributed by atoms with E-state index in [1.54, 1.807) is 0 Å². The van der Waals surface area contributed by atoms with Gasteiger partial charge in [0, 0.05) is 25.4 Å². The van der Waals surface area contributed by atoms with Gasteiger partial charge < -0.3 is 5.11 Å². The van der Waals surface area contributed by atoms with E-state index < -0.39 is 12.0 Å². The third-order valence-electron chi connectivity index (χ3n) is 1.90. The molecule has 1 fully saturated rings. The largest absolute Gasteiger partial charge is 0.391 e. The predicted octanol–water partition coefficient (Wildman–Crippen LogP) is 0.927. The van der Waals surface area contributed by atoms with E-state index in [-0.39, 0.29) is 25.4 Å². The van der Waals surface area contributed by atoms with Crippen LogP contribution >= 0.6 is 11.6 Å². The van der Waals surface area contributed by atoms with Gasteiger partial charge in [0.25, 0.3) is 5.92 Å². The lowest BCUT2D eigenvalue weighted by atomic mass is 10.3. The summed E-state index contributed by atoms with van der Waals surface area (Å²) in [7, 11) is 0. The maximum atomic E-state index is 12.6. The maximum absolute atomic E-state index is 12.6. The van der Waals surface area contributed by atoms with Gasteiger partial charge in [0.2, 0.25) is 0 Å². The molecule has 0 radical (unpaired) electrons. The summed E-state index contributed by atoms with van der Waals surface area (Å²) in [5.41, 5.74) is 0. The Kier molecular flexibility index (Phi) is 3.26. The molecule has 1 atom stereocenters. The molecule has 72 valence electrons. The van der Waals surface area contributed by atoms with E-state index >= 15 is 0 Å². The fourth-order valence-corrected chi connectivity index (χ4v) is 1.41. The molecule has 1 rings (SSSR count). The van der Waals surface area contributed by atoms with Crippen LogP contribution in [0, 0.1) is 0 Å². The fraction of sp³-hybridized carbons (Fsp3) is 1.00. The van der Waals surface area contributed by atoms with Crippen LogP contribution in [0.25, 0.3) is 0 Å².